The highest BCUT2D eigenvalue weighted by molar-refractivity contribution is 5.76. The molecule has 1 saturated heterocycles. The molecule has 1 fully saturated rings. The summed E-state index contributed by atoms with van der Waals surface area (Å²) in [5, 5.41) is 0. The van der Waals surface area contributed by atoms with Crippen molar-refractivity contribution in [3.63, 3.8) is 0 Å². The number of nitrogens with zero attached hydrogens (tertiary/aromatic N) is 1. The number of benzene rings is 1. The summed E-state index contributed by atoms with van der Waals surface area (Å²) in [6, 6.07) is 6.26. The lowest BCUT2D eigenvalue weighted by Crippen LogP contribution is -2.43. The van der Waals surface area contributed by atoms with Crippen LogP contribution in [-0.2, 0) is 9.53 Å². The minimum atomic E-state index is -0.267. The van der Waals surface area contributed by atoms with E-state index in [0.717, 1.165) is 12.0 Å². The van der Waals surface area contributed by atoms with Gasteiger partial charge in [0.2, 0.25) is 5.91 Å². The molecule has 0 aliphatic carbocycles. The van der Waals surface area contributed by atoms with Crippen LogP contribution in [-0.4, -0.2) is 37.0 Å². The lowest BCUT2D eigenvalue weighted by molar-refractivity contribution is -0.140. The summed E-state index contributed by atoms with van der Waals surface area (Å²) in [6.07, 6.45) is 1.22. The fourth-order valence-corrected chi connectivity index (χ4v) is 2.53. The topological polar surface area (TPSA) is 55.6 Å². The maximum absolute atomic E-state index is 13.0. The van der Waals surface area contributed by atoms with Crippen LogP contribution in [0.5, 0.6) is 0 Å². The van der Waals surface area contributed by atoms with Crippen molar-refractivity contribution in [3.8, 4) is 0 Å². The number of nitrogens with two attached hydrogens (primary N) is 1. The number of carbonyl (C=O) groups is 1. The Bertz CT molecular complexity index is 460. The molecule has 2 rings (SSSR count). The van der Waals surface area contributed by atoms with Gasteiger partial charge >= 0.3 is 0 Å². The largest absolute Gasteiger partial charge is 0.370 e. The van der Waals surface area contributed by atoms with E-state index in [4.69, 9.17) is 10.5 Å². The average Bonchev–Trinajstić information content (AvgIpc) is 2.53. The Morgan fingerprint density at radius 3 is 2.81 bits per heavy atom. The molecule has 1 aromatic rings. The lowest BCUT2D eigenvalue weighted by Gasteiger charge is -2.34. The fourth-order valence-electron chi connectivity index (χ4n) is 2.53. The Balaban J connectivity index is 1.97. The van der Waals surface area contributed by atoms with E-state index in [0.29, 0.717) is 32.7 Å². The van der Waals surface area contributed by atoms with E-state index in [1.807, 2.05) is 11.8 Å². The molecule has 1 aromatic carbocycles. The number of morpholine rings is 1. The molecule has 1 heterocycles. The highest BCUT2D eigenvalue weighted by Crippen LogP contribution is 2.23. The standard InChI is InChI=1S/C16H23FN2O2/c1-2-12(10-18)9-16(20)19-7-8-21-15(11-19)13-3-5-14(17)6-4-13/h3-6,12,15H,2,7-11,18H2,1H3. The summed E-state index contributed by atoms with van der Waals surface area (Å²) in [6.45, 7) is 4.22. The van der Waals surface area contributed by atoms with Crippen LogP contribution < -0.4 is 5.73 Å². The van der Waals surface area contributed by atoms with E-state index in [-0.39, 0.29) is 23.7 Å². The van der Waals surface area contributed by atoms with Crippen LogP contribution in [0.25, 0.3) is 0 Å². The Hall–Kier alpha value is -1.46. The molecule has 2 N–H and O–H groups in total. The van der Waals surface area contributed by atoms with E-state index >= 15 is 0 Å². The third kappa shape index (κ3) is 4.25. The van der Waals surface area contributed by atoms with Crippen molar-refractivity contribution < 1.29 is 13.9 Å². The number of amides is 1. The minimum Gasteiger partial charge on any atom is -0.370 e. The molecule has 2 unspecified atom stereocenters. The molecular weight excluding hydrogens is 271 g/mol. The van der Waals surface area contributed by atoms with Gasteiger partial charge in [0.1, 0.15) is 11.9 Å². The molecule has 1 aliphatic heterocycles. The Kier molecular flexibility index (Phi) is 5.70. The van der Waals surface area contributed by atoms with Gasteiger partial charge in [0, 0.05) is 13.0 Å². The lowest BCUT2D eigenvalue weighted by atomic mass is 10.0. The normalized spacial score (nSPS) is 20.3. The third-order valence-electron chi connectivity index (χ3n) is 4.03. The number of carbonyl (C=O) groups excluding carboxylic acids is 1. The first-order chi connectivity index (χ1) is 10.1. The summed E-state index contributed by atoms with van der Waals surface area (Å²) in [4.78, 5) is 14.1. The molecule has 0 radical (unpaired) electrons. The van der Waals surface area contributed by atoms with Gasteiger partial charge in [-0.25, -0.2) is 4.39 Å². The van der Waals surface area contributed by atoms with Gasteiger partial charge in [0.15, 0.2) is 0 Å². The summed E-state index contributed by atoms with van der Waals surface area (Å²) >= 11 is 0. The zero-order chi connectivity index (χ0) is 15.2. The molecule has 0 spiro atoms. The predicted octanol–water partition coefficient (Wildman–Crippen LogP) is 2.10. The van der Waals surface area contributed by atoms with Crippen molar-refractivity contribution in [2.24, 2.45) is 11.7 Å². The maximum atomic E-state index is 13.0. The van der Waals surface area contributed by atoms with Crippen LogP contribution in [0.15, 0.2) is 24.3 Å². The summed E-state index contributed by atoms with van der Waals surface area (Å²) in [5.41, 5.74) is 6.57. The predicted molar refractivity (Wildman–Crippen MR) is 79.1 cm³/mol. The summed E-state index contributed by atoms with van der Waals surface area (Å²) in [5.74, 6) is 0.101. The van der Waals surface area contributed by atoms with Gasteiger partial charge in [-0.1, -0.05) is 25.5 Å². The molecular formula is C16H23FN2O2. The number of hydrogen-bond acceptors (Lipinski definition) is 3. The molecule has 5 heteroatoms. The monoisotopic (exact) mass is 294 g/mol. The zero-order valence-corrected chi connectivity index (χ0v) is 12.4. The SMILES string of the molecule is CCC(CN)CC(=O)N1CCOC(c2ccc(F)cc2)C1. The Morgan fingerprint density at radius 2 is 2.19 bits per heavy atom. The molecule has 0 saturated carbocycles. The van der Waals surface area contributed by atoms with Crippen molar-refractivity contribution in [2.45, 2.75) is 25.9 Å². The maximum Gasteiger partial charge on any atom is 0.223 e. The van der Waals surface area contributed by atoms with Crippen LogP contribution in [0.2, 0.25) is 0 Å². The second-order valence-corrected chi connectivity index (χ2v) is 5.46. The first-order valence-electron chi connectivity index (χ1n) is 7.49. The fraction of sp³-hybridized carbons (Fsp3) is 0.562. The molecule has 4 nitrogen and oxygen atoms in total. The van der Waals surface area contributed by atoms with Gasteiger partial charge in [0.25, 0.3) is 0 Å². The quantitative estimate of drug-likeness (QED) is 0.905. The van der Waals surface area contributed by atoms with Crippen molar-refractivity contribution in [1.29, 1.82) is 0 Å². The zero-order valence-electron chi connectivity index (χ0n) is 12.4. The van der Waals surface area contributed by atoms with Crippen LogP contribution in [0.1, 0.15) is 31.4 Å². The number of hydrogen-bond donors (Lipinski definition) is 1. The van der Waals surface area contributed by atoms with E-state index in [2.05, 4.69) is 0 Å². The molecule has 116 valence electrons. The van der Waals surface area contributed by atoms with Crippen LogP contribution in [0.4, 0.5) is 4.39 Å². The molecule has 1 aliphatic rings. The second kappa shape index (κ2) is 7.52. The molecule has 2 atom stereocenters. The number of ether oxygens (including phenoxy) is 1. The van der Waals surface area contributed by atoms with Crippen molar-refractivity contribution in [2.75, 3.05) is 26.2 Å². The van der Waals surface area contributed by atoms with Crippen molar-refractivity contribution in [1.82, 2.24) is 4.90 Å². The van der Waals surface area contributed by atoms with E-state index in [1.54, 1.807) is 12.1 Å². The average molecular weight is 294 g/mol. The smallest absolute Gasteiger partial charge is 0.223 e. The highest BCUT2D eigenvalue weighted by Gasteiger charge is 2.26. The van der Waals surface area contributed by atoms with Crippen molar-refractivity contribution >= 4 is 5.91 Å². The second-order valence-electron chi connectivity index (χ2n) is 5.46. The van der Waals surface area contributed by atoms with Crippen molar-refractivity contribution in [3.05, 3.63) is 35.6 Å². The van der Waals surface area contributed by atoms with E-state index in [9.17, 15) is 9.18 Å². The van der Waals surface area contributed by atoms with Gasteiger partial charge in [-0.2, -0.15) is 0 Å². The first-order valence-corrected chi connectivity index (χ1v) is 7.49. The third-order valence-corrected chi connectivity index (χ3v) is 4.03. The minimum absolute atomic E-state index is 0.128. The van der Waals surface area contributed by atoms with Gasteiger partial charge in [-0.3, -0.25) is 4.79 Å². The van der Waals surface area contributed by atoms with E-state index < -0.39 is 0 Å². The van der Waals surface area contributed by atoms with Crippen LogP contribution in [0, 0.1) is 11.7 Å². The highest BCUT2D eigenvalue weighted by atomic mass is 19.1. The van der Waals surface area contributed by atoms with Gasteiger partial charge < -0.3 is 15.4 Å². The molecule has 0 aromatic heterocycles. The Labute approximate surface area is 125 Å². The molecule has 1 amide bonds. The summed E-state index contributed by atoms with van der Waals surface area (Å²) < 4.78 is 18.7. The Morgan fingerprint density at radius 1 is 1.48 bits per heavy atom. The first kappa shape index (κ1) is 15.9. The number of halogens is 1. The van der Waals surface area contributed by atoms with E-state index in [1.165, 1.54) is 12.1 Å². The van der Waals surface area contributed by atoms with Gasteiger partial charge in [-0.15, -0.1) is 0 Å². The van der Waals surface area contributed by atoms with Crippen LogP contribution >= 0.6 is 0 Å². The number of rotatable bonds is 5. The van der Waals surface area contributed by atoms with Gasteiger partial charge in [-0.05, 0) is 30.2 Å². The van der Waals surface area contributed by atoms with Gasteiger partial charge in [0.05, 0.1) is 13.2 Å². The van der Waals surface area contributed by atoms with Crippen LogP contribution in [0.3, 0.4) is 0 Å². The molecule has 0 bridgehead atoms. The molecule has 21 heavy (non-hydrogen) atoms. The summed E-state index contributed by atoms with van der Waals surface area (Å²) in [7, 11) is 0.